The SMILES string of the molecule is CC1C=CC(C23CC4CC(=CC(=O)N4)C(=O)N2CCN3)=CC1C. The molecule has 2 bridgehead atoms. The number of rotatable bonds is 1. The summed E-state index contributed by atoms with van der Waals surface area (Å²) >= 11 is 0. The molecule has 0 aromatic rings. The topological polar surface area (TPSA) is 61.4 Å². The highest BCUT2D eigenvalue weighted by atomic mass is 16.2. The van der Waals surface area contributed by atoms with Gasteiger partial charge in [-0.2, -0.15) is 0 Å². The second kappa shape index (κ2) is 5.06. The first-order chi connectivity index (χ1) is 11.0. The fourth-order valence-electron chi connectivity index (χ4n) is 4.27. The lowest BCUT2D eigenvalue weighted by atomic mass is 9.81. The number of amides is 2. The molecular formula is C18H23N3O2. The Hall–Kier alpha value is -1.88. The molecule has 5 heteroatoms. The monoisotopic (exact) mass is 313 g/mol. The van der Waals surface area contributed by atoms with Gasteiger partial charge in [0, 0.05) is 37.2 Å². The van der Waals surface area contributed by atoms with E-state index in [1.165, 1.54) is 6.08 Å². The van der Waals surface area contributed by atoms with Crippen LogP contribution in [0.4, 0.5) is 0 Å². The van der Waals surface area contributed by atoms with E-state index in [9.17, 15) is 9.59 Å². The maximum absolute atomic E-state index is 13.0. The van der Waals surface area contributed by atoms with Crippen LogP contribution in [-0.4, -0.2) is 41.5 Å². The summed E-state index contributed by atoms with van der Waals surface area (Å²) in [7, 11) is 0. The molecule has 122 valence electrons. The molecule has 4 aliphatic rings. The second-order valence-electron chi connectivity index (χ2n) is 7.23. The Labute approximate surface area is 136 Å². The van der Waals surface area contributed by atoms with Crippen LogP contribution in [0.15, 0.2) is 35.5 Å². The van der Waals surface area contributed by atoms with E-state index in [4.69, 9.17) is 0 Å². The van der Waals surface area contributed by atoms with Crippen molar-refractivity contribution < 1.29 is 9.59 Å². The molecular weight excluding hydrogens is 290 g/mol. The van der Waals surface area contributed by atoms with E-state index in [-0.39, 0.29) is 17.9 Å². The predicted octanol–water partition coefficient (Wildman–Crippen LogP) is 1.10. The zero-order valence-corrected chi connectivity index (χ0v) is 13.6. The summed E-state index contributed by atoms with van der Waals surface area (Å²) in [6.07, 6.45) is 9.51. The summed E-state index contributed by atoms with van der Waals surface area (Å²) in [5.74, 6) is 0.817. The third-order valence-corrected chi connectivity index (χ3v) is 5.72. The van der Waals surface area contributed by atoms with Gasteiger partial charge >= 0.3 is 0 Å². The lowest BCUT2D eigenvalue weighted by Crippen LogP contribution is -2.56. The number of hydrogen-bond donors (Lipinski definition) is 2. The van der Waals surface area contributed by atoms with Gasteiger partial charge in [0.2, 0.25) is 5.91 Å². The zero-order chi connectivity index (χ0) is 16.2. The summed E-state index contributed by atoms with van der Waals surface area (Å²) in [4.78, 5) is 26.8. The lowest BCUT2D eigenvalue weighted by molar-refractivity contribution is -0.130. The van der Waals surface area contributed by atoms with Gasteiger partial charge in [-0.25, -0.2) is 0 Å². The van der Waals surface area contributed by atoms with Crippen LogP contribution in [0.3, 0.4) is 0 Å². The van der Waals surface area contributed by atoms with Gasteiger partial charge in [0.1, 0.15) is 5.66 Å². The molecule has 4 unspecified atom stereocenters. The van der Waals surface area contributed by atoms with Crippen molar-refractivity contribution in [3.8, 4) is 0 Å². The molecule has 2 fully saturated rings. The molecule has 23 heavy (non-hydrogen) atoms. The highest BCUT2D eigenvalue weighted by Crippen LogP contribution is 2.40. The van der Waals surface area contributed by atoms with Crippen LogP contribution in [0.2, 0.25) is 0 Å². The Morgan fingerprint density at radius 2 is 2.09 bits per heavy atom. The highest BCUT2D eigenvalue weighted by Gasteiger charge is 2.51. The molecule has 4 atom stereocenters. The standard InChI is InChI=1S/C18H23N3O2/c1-11-3-4-14(7-12(11)2)18-10-15-8-13(9-16(22)20-15)17(23)21(18)6-5-19-18/h3-4,7,9,11-12,15,19H,5-6,8,10H2,1-2H3,(H,20,22). The van der Waals surface area contributed by atoms with E-state index in [2.05, 4.69) is 42.7 Å². The molecule has 3 heterocycles. The molecule has 5 nitrogen and oxygen atoms in total. The van der Waals surface area contributed by atoms with Gasteiger partial charge in [-0.05, 0) is 23.8 Å². The Balaban J connectivity index is 1.79. The fourth-order valence-corrected chi connectivity index (χ4v) is 4.27. The van der Waals surface area contributed by atoms with Gasteiger partial charge in [0.25, 0.3) is 5.91 Å². The van der Waals surface area contributed by atoms with E-state index in [1.807, 2.05) is 4.90 Å². The molecule has 2 saturated heterocycles. The first-order valence-corrected chi connectivity index (χ1v) is 8.48. The van der Waals surface area contributed by atoms with Crippen LogP contribution in [0, 0.1) is 11.8 Å². The van der Waals surface area contributed by atoms with Crippen molar-refractivity contribution in [3.05, 3.63) is 35.5 Å². The van der Waals surface area contributed by atoms with Crippen LogP contribution >= 0.6 is 0 Å². The number of allylic oxidation sites excluding steroid dienone is 2. The minimum Gasteiger partial charge on any atom is -0.349 e. The third kappa shape index (κ3) is 2.17. The van der Waals surface area contributed by atoms with Crippen molar-refractivity contribution in [1.29, 1.82) is 0 Å². The van der Waals surface area contributed by atoms with Gasteiger partial charge in [-0.15, -0.1) is 0 Å². The quantitative estimate of drug-likeness (QED) is 0.762. The Bertz CT molecular complexity index is 663. The number of carbonyl (C=O) groups is 2. The van der Waals surface area contributed by atoms with Crippen LogP contribution in [0.5, 0.6) is 0 Å². The Kier molecular flexibility index (Phi) is 3.23. The van der Waals surface area contributed by atoms with Gasteiger partial charge in [-0.3, -0.25) is 14.9 Å². The highest BCUT2D eigenvalue weighted by molar-refractivity contribution is 6.03. The first kappa shape index (κ1) is 14.7. The summed E-state index contributed by atoms with van der Waals surface area (Å²) < 4.78 is 0. The number of nitrogens with one attached hydrogen (secondary N) is 2. The summed E-state index contributed by atoms with van der Waals surface area (Å²) in [5.41, 5.74) is 1.32. The van der Waals surface area contributed by atoms with Gasteiger partial charge in [0.05, 0.1) is 0 Å². The smallest absolute Gasteiger partial charge is 0.251 e. The van der Waals surface area contributed by atoms with E-state index < -0.39 is 5.66 Å². The van der Waals surface area contributed by atoms with Crippen molar-refractivity contribution in [3.63, 3.8) is 0 Å². The summed E-state index contributed by atoms with van der Waals surface area (Å²) in [6, 6.07) is 0.00556. The molecule has 1 aliphatic carbocycles. The van der Waals surface area contributed by atoms with Crippen molar-refractivity contribution in [2.24, 2.45) is 11.8 Å². The van der Waals surface area contributed by atoms with Crippen LogP contribution < -0.4 is 10.6 Å². The normalized spacial score (nSPS) is 39.4. The van der Waals surface area contributed by atoms with E-state index in [0.717, 1.165) is 18.5 Å². The first-order valence-electron chi connectivity index (χ1n) is 8.48. The van der Waals surface area contributed by atoms with E-state index >= 15 is 0 Å². The average molecular weight is 313 g/mol. The minimum atomic E-state index is -0.486. The number of hydrogen-bond acceptors (Lipinski definition) is 3. The number of nitrogens with zero attached hydrogens (tertiary/aromatic N) is 1. The van der Waals surface area contributed by atoms with E-state index in [0.29, 0.717) is 30.4 Å². The summed E-state index contributed by atoms with van der Waals surface area (Å²) in [6.45, 7) is 5.90. The molecule has 0 aromatic carbocycles. The average Bonchev–Trinajstić information content (AvgIpc) is 2.90. The molecule has 0 saturated carbocycles. The van der Waals surface area contributed by atoms with Crippen LogP contribution in [-0.2, 0) is 9.59 Å². The predicted molar refractivity (Wildman–Crippen MR) is 87.2 cm³/mol. The minimum absolute atomic E-state index is 0.00556. The van der Waals surface area contributed by atoms with Crippen LogP contribution in [0.25, 0.3) is 0 Å². The van der Waals surface area contributed by atoms with E-state index in [1.54, 1.807) is 0 Å². The Morgan fingerprint density at radius 1 is 1.26 bits per heavy atom. The van der Waals surface area contributed by atoms with Gasteiger partial charge in [0.15, 0.2) is 0 Å². The molecule has 2 amide bonds. The molecule has 4 rings (SSSR count). The summed E-state index contributed by atoms with van der Waals surface area (Å²) in [5, 5.41) is 6.60. The van der Waals surface area contributed by atoms with Crippen molar-refractivity contribution in [2.75, 3.05) is 13.1 Å². The largest absolute Gasteiger partial charge is 0.349 e. The molecule has 0 aromatic heterocycles. The van der Waals surface area contributed by atoms with Gasteiger partial charge in [-0.1, -0.05) is 32.1 Å². The molecule has 2 N–H and O–H groups in total. The lowest BCUT2D eigenvalue weighted by Gasteiger charge is -2.41. The number of fused-ring (bicyclic) bond motifs is 3. The fraction of sp³-hybridized carbons (Fsp3) is 0.556. The maximum atomic E-state index is 13.0. The van der Waals surface area contributed by atoms with Crippen molar-refractivity contribution in [1.82, 2.24) is 15.5 Å². The van der Waals surface area contributed by atoms with Crippen molar-refractivity contribution >= 4 is 11.8 Å². The molecule has 3 aliphatic heterocycles. The third-order valence-electron chi connectivity index (χ3n) is 5.72. The molecule has 0 spiro atoms. The van der Waals surface area contributed by atoms with Crippen molar-refractivity contribution in [2.45, 2.75) is 38.4 Å². The Morgan fingerprint density at radius 3 is 2.87 bits per heavy atom. The number of carbonyl (C=O) groups excluding carboxylic acids is 2. The van der Waals surface area contributed by atoms with Crippen LogP contribution in [0.1, 0.15) is 26.7 Å². The second-order valence-corrected chi connectivity index (χ2v) is 7.23. The molecule has 0 radical (unpaired) electrons. The van der Waals surface area contributed by atoms with Gasteiger partial charge < -0.3 is 10.2 Å². The maximum Gasteiger partial charge on any atom is 0.251 e. The zero-order valence-electron chi connectivity index (χ0n) is 13.6.